The number of benzene rings is 1. The summed E-state index contributed by atoms with van der Waals surface area (Å²) in [5.41, 5.74) is 0. The summed E-state index contributed by atoms with van der Waals surface area (Å²) in [5.74, 6) is 3.17. The normalized spacial score (nSPS) is 25.2. The minimum absolute atomic E-state index is 0.129. The summed E-state index contributed by atoms with van der Waals surface area (Å²) in [7, 11) is 1.89. The Balaban J connectivity index is 1.34. The van der Waals surface area contributed by atoms with Crippen LogP contribution in [0.5, 0.6) is 5.75 Å². The van der Waals surface area contributed by atoms with E-state index in [4.69, 9.17) is 4.74 Å². The van der Waals surface area contributed by atoms with Gasteiger partial charge in [0.2, 0.25) is 5.91 Å². The lowest BCUT2D eigenvalue weighted by molar-refractivity contribution is -0.127. The first-order valence-electron chi connectivity index (χ1n) is 11.7. The molecule has 3 aliphatic carbocycles. The zero-order chi connectivity index (χ0) is 22.2. The topological polar surface area (TPSA) is 60.2 Å². The molecule has 6 nitrogen and oxygen atoms in total. The van der Waals surface area contributed by atoms with Gasteiger partial charge >= 0.3 is 0 Å². The molecule has 2 aromatic rings. The number of halogens is 1. The van der Waals surface area contributed by atoms with Crippen LogP contribution >= 0.6 is 11.8 Å². The van der Waals surface area contributed by atoms with Crippen molar-refractivity contribution < 1.29 is 13.9 Å². The molecule has 4 atom stereocenters. The van der Waals surface area contributed by atoms with Crippen molar-refractivity contribution in [3.05, 3.63) is 35.9 Å². The number of ether oxygens (including phenoxy) is 1. The van der Waals surface area contributed by atoms with Gasteiger partial charge in [-0.05, 0) is 68.9 Å². The fraction of sp³-hybridized carbons (Fsp3) is 0.625. The molecule has 2 bridgehead atoms. The van der Waals surface area contributed by atoms with Gasteiger partial charge in [-0.3, -0.25) is 9.36 Å². The summed E-state index contributed by atoms with van der Waals surface area (Å²) in [6.07, 6.45) is 7.42. The Labute approximate surface area is 192 Å². The number of amides is 1. The van der Waals surface area contributed by atoms with E-state index < -0.39 is 0 Å². The maximum Gasteiger partial charge on any atom is 0.233 e. The lowest BCUT2D eigenvalue weighted by Crippen LogP contribution is -2.30. The van der Waals surface area contributed by atoms with Crippen LogP contribution in [0, 0.1) is 23.6 Å². The van der Waals surface area contributed by atoms with E-state index in [1.165, 1.54) is 43.5 Å². The highest BCUT2D eigenvalue weighted by molar-refractivity contribution is 7.99. The summed E-state index contributed by atoms with van der Waals surface area (Å²) in [4.78, 5) is 14.4. The summed E-state index contributed by atoms with van der Waals surface area (Å²) >= 11 is 1.45. The zero-order valence-corrected chi connectivity index (χ0v) is 19.6. The van der Waals surface area contributed by atoms with E-state index in [0.717, 1.165) is 29.8 Å². The molecule has 0 saturated heterocycles. The Kier molecular flexibility index (Phi) is 6.14. The van der Waals surface area contributed by atoms with E-state index >= 15 is 0 Å². The van der Waals surface area contributed by atoms with Crippen LogP contribution in [0.1, 0.15) is 57.3 Å². The predicted molar refractivity (Wildman–Crippen MR) is 121 cm³/mol. The van der Waals surface area contributed by atoms with E-state index in [-0.39, 0.29) is 30.1 Å². The Bertz CT molecular complexity index is 979. The second-order valence-electron chi connectivity index (χ2n) is 9.59. The molecule has 4 unspecified atom stereocenters. The third-order valence-corrected chi connectivity index (χ3v) is 8.49. The van der Waals surface area contributed by atoms with Crippen molar-refractivity contribution in [1.29, 1.82) is 0 Å². The van der Waals surface area contributed by atoms with Gasteiger partial charge in [0.05, 0.1) is 5.75 Å². The second kappa shape index (κ2) is 9.04. The molecule has 0 spiro atoms. The first kappa shape index (κ1) is 21.7. The number of para-hydroxylation sites is 1. The summed E-state index contributed by atoms with van der Waals surface area (Å²) in [6.45, 7) is 2.39. The molecular formula is C24H31FN4O2S. The van der Waals surface area contributed by atoms with Crippen LogP contribution in [0.25, 0.3) is 0 Å². The molecule has 3 saturated carbocycles. The van der Waals surface area contributed by atoms with Crippen molar-refractivity contribution in [2.45, 2.75) is 69.3 Å². The lowest BCUT2D eigenvalue weighted by Gasteiger charge is -2.30. The zero-order valence-electron chi connectivity index (χ0n) is 18.7. The van der Waals surface area contributed by atoms with Gasteiger partial charge in [0.1, 0.15) is 6.61 Å². The summed E-state index contributed by atoms with van der Waals surface area (Å²) in [6, 6.07) is 7.03. The first-order valence-corrected chi connectivity index (χ1v) is 12.7. The van der Waals surface area contributed by atoms with Crippen molar-refractivity contribution >= 4 is 17.7 Å². The van der Waals surface area contributed by atoms with Gasteiger partial charge in [-0.25, -0.2) is 4.39 Å². The van der Waals surface area contributed by atoms with Crippen molar-refractivity contribution in [1.82, 2.24) is 19.7 Å². The van der Waals surface area contributed by atoms with Gasteiger partial charge in [-0.15, -0.1) is 10.2 Å². The number of hydrogen-bond acceptors (Lipinski definition) is 5. The number of carbonyl (C=O) groups excluding carboxylic acids is 1. The molecule has 1 heterocycles. The SMILES string of the molecule is CC(C1CC2CCC1C2)n1c(COc2ccccc2F)nnc1SCC(=O)N(C)C1CC1. The fourth-order valence-corrected chi connectivity index (χ4v) is 6.55. The Morgan fingerprint density at radius 2 is 2.06 bits per heavy atom. The van der Waals surface area contributed by atoms with Crippen molar-refractivity contribution in [3.63, 3.8) is 0 Å². The van der Waals surface area contributed by atoms with Crippen LogP contribution in [0.3, 0.4) is 0 Å². The summed E-state index contributed by atoms with van der Waals surface area (Å²) < 4.78 is 22.0. The number of hydrogen-bond donors (Lipinski definition) is 0. The smallest absolute Gasteiger partial charge is 0.233 e. The maximum absolute atomic E-state index is 14.0. The molecular weight excluding hydrogens is 427 g/mol. The number of carbonyl (C=O) groups is 1. The summed E-state index contributed by atoms with van der Waals surface area (Å²) in [5, 5.41) is 9.59. The van der Waals surface area contributed by atoms with Crippen molar-refractivity contribution in [3.8, 4) is 5.75 Å². The third kappa shape index (κ3) is 4.38. The number of thioether (sulfide) groups is 1. The highest BCUT2D eigenvalue weighted by Crippen LogP contribution is 2.52. The predicted octanol–water partition coefficient (Wildman–Crippen LogP) is 4.71. The van der Waals surface area contributed by atoms with Crippen LogP contribution in [-0.4, -0.2) is 44.4 Å². The number of fused-ring (bicyclic) bond motifs is 2. The molecule has 8 heteroatoms. The fourth-order valence-electron chi connectivity index (χ4n) is 5.59. The Morgan fingerprint density at radius 3 is 2.75 bits per heavy atom. The monoisotopic (exact) mass is 458 g/mol. The highest BCUT2D eigenvalue weighted by atomic mass is 32.2. The maximum atomic E-state index is 14.0. The van der Waals surface area contributed by atoms with Gasteiger partial charge in [0.25, 0.3) is 0 Å². The molecule has 1 aromatic heterocycles. The standard InChI is InChI=1S/C24H31FN4O2S/c1-15(19-12-16-7-8-17(19)11-16)29-22(13-31-21-6-4-3-5-20(21)25)26-27-24(29)32-14-23(30)28(2)18-9-10-18/h3-6,15-19H,7-14H2,1-2H3. The molecule has 3 fully saturated rings. The van der Waals surface area contributed by atoms with Crippen molar-refractivity contribution in [2.75, 3.05) is 12.8 Å². The molecule has 0 radical (unpaired) electrons. The van der Waals surface area contributed by atoms with Crippen LogP contribution in [0.4, 0.5) is 4.39 Å². The molecule has 1 amide bonds. The Morgan fingerprint density at radius 1 is 1.25 bits per heavy atom. The van der Waals surface area contributed by atoms with Gasteiger partial charge in [-0.1, -0.05) is 30.3 Å². The quantitative estimate of drug-likeness (QED) is 0.510. The van der Waals surface area contributed by atoms with Gasteiger partial charge in [0.15, 0.2) is 22.5 Å². The lowest BCUT2D eigenvalue weighted by atomic mass is 9.84. The van der Waals surface area contributed by atoms with E-state index in [0.29, 0.717) is 23.5 Å². The molecule has 172 valence electrons. The van der Waals surface area contributed by atoms with E-state index in [1.807, 2.05) is 11.9 Å². The van der Waals surface area contributed by atoms with E-state index in [2.05, 4.69) is 21.7 Å². The largest absolute Gasteiger partial charge is 0.483 e. The number of nitrogens with zero attached hydrogens (tertiary/aromatic N) is 4. The third-order valence-electron chi connectivity index (χ3n) is 7.56. The molecule has 32 heavy (non-hydrogen) atoms. The molecule has 0 aliphatic heterocycles. The van der Waals surface area contributed by atoms with Crippen molar-refractivity contribution in [2.24, 2.45) is 17.8 Å². The molecule has 1 aromatic carbocycles. The van der Waals surface area contributed by atoms with Crippen LogP contribution < -0.4 is 4.74 Å². The van der Waals surface area contributed by atoms with Gasteiger partial charge < -0.3 is 9.64 Å². The first-order chi connectivity index (χ1) is 15.5. The van der Waals surface area contributed by atoms with E-state index in [9.17, 15) is 9.18 Å². The average molecular weight is 459 g/mol. The molecule has 3 aliphatic rings. The Hall–Kier alpha value is -2.09. The van der Waals surface area contributed by atoms with Crippen LogP contribution in [0.2, 0.25) is 0 Å². The number of rotatable bonds is 9. The van der Waals surface area contributed by atoms with Crippen LogP contribution in [-0.2, 0) is 11.4 Å². The average Bonchev–Trinajstić information content (AvgIpc) is 3.23. The second-order valence-corrected chi connectivity index (χ2v) is 10.5. The molecule has 0 N–H and O–H groups in total. The minimum atomic E-state index is -0.386. The van der Waals surface area contributed by atoms with Gasteiger partial charge in [-0.2, -0.15) is 0 Å². The minimum Gasteiger partial charge on any atom is -0.483 e. The molecule has 5 rings (SSSR count). The highest BCUT2D eigenvalue weighted by Gasteiger charge is 2.43. The number of aromatic nitrogens is 3. The van der Waals surface area contributed by atoms with E-state index in [1.54, 1.807) is 18.2 Å². The van der Waals surface area contributed by atoms with Crippen LogP contribution in [0.15, 0.2) is 29.4 Å². The van der Waals surface area contributed by atoms with Gasteiger partial charge in [0, 0.05) is 19.1 Å².